The summed E-state index contributed by atoms with van der Waals surface area (Å²) in [5, 5.41) is 12.7. The fourth-order valence-electron chi connectivity index (χ4n) is 3.78. The summed E-state index contributed by atoms with van der Waals surface area (Å²) in [6.07, 6.45) is 0.531. The number of benzene rings is 2. The number of aliphatic hydroxyl groups excluding tert-OH is 1. The van der Waals surface area contributed by atoms with Crippen LogP contribution in [0.3, 0.4) is 0 Å². The Morgan fingerprint density at radius 2 is 1.39 bits per heavy atom. The first kappa shape index (κ1) is 25.3. The van der Waals surface area contributed by atoms with Crippen LogP contribution in [0, 0.1) is 5.41 Å². The van der Waals surface area contributed by atoms with Crippen LogP contribution in [0.1, 0.15) is 54.4 Å². The molecule has 2 rings (SSSR count). The highest BCUT2D eigenvalue weighted by molar-refractivity contribution is 6.99. The third-order valence-corrected chi connectivity index (χ3v) is 10.5. The van der Waals surface area contributed by atoms with Crippen LogP contribution in [0.15, 0.2) is 60.7 Å². The van der Waals surface area contributed by atoms with E-state index < -0.39 is 19.8 Å². The summed E-state index contributed by atoms with van der Waals surface area (Å²) in [7, 11) is -2.55. The van der Waals surface area contributed by atoms with Gasteiger partial charge in [-0.2, -0.15) is 0 Å². The lowest BCUT2D eigenvalue weighted by Crippen LogP contribution is -2.66. The average Bonchev–Trinajstić information content (AvgIpc) is 2.71. The third kappa shape index (κ3) is 6.51. The molecule has 1 unspecified atom stereocenters. The molecule has 2 aromatic rings. The number of ether oxygens (including phenoxy) is 1. The van der Waals surface area contributed by atoms with Crippen molar-refractivity contribution < 1.29 is 19.1 Å². The molecule has 0 bridgehead atoms. The number of aliphatic hydroxyl groups is 1. The van der Waals surface area contributed by atoms with Gasteiger partial charge in [-0.05, 0) is 49.0 Å². The van der Waals surface area contributed by atoms with E-state index in [9.17, 15) is 9.90 Å². The molecule has 0 saturated carbocycles. The van der Waals surface area contributed by atoms with Crippen LogP contribution in [-0.2, 0) is 14.0 Å². The van der Waals surface area contributed by atoms with Crippen molar-refractivity contribution in [3.63, 3.8) is 0 Å². The predicted molar refractivity (Wildman–Crippen MR) is 129 cm³/mol. The molecule has 0 radical (unpaired) electrons. The van der Waals surface area contributed by atoms with Crippen LogP contribution in [-0.4, -0.2) is 38.7 Å². The molecular weight excluding hydrogens is 404 g/mol. The van der Waals surface area contributed by atoms with E-state index >= 15 is 0 Å². The van der Waals surface area contributed by atoms with Gasteiger partial charge in [-0.15, -0.1) is 0 Å². The molecule has 0 fully saturated rings. The van der Waals surface area contributed by atoms with Gasteiger partial charge in [0.25, 0.3) is 8.32 Å². The van der Waals surface area contributed by atoms with Gasteiger partial charge >= 0.3 is 5.97 Å². The van der Waals surface area contributed by atoms with Gasteiger partial charge in [-0.3, -0.25) is 4.79 Å². The molecule has 0 aliphatic carbocycles. The number of carbonyl (C=O) groups is 1. The lowest BCUT2D eigenvalue weighted by Gasteiger charge is -2.43. The van der Waals surface area contributed by atoms with Crippen LogP contribution in [0.2, 0.25) is 5.04 Å². The Labute approximate surface area is 188 Å². The first-order valence-corrected chi connectivity index (χ1v) is 13.0. The van der Waals surface area contributed by atoms with Crippen LogP contribution >= 0.6 is 0 Å². The van der Waals surface area contributed by atoms with Crippen molar-refractivity contribution in [1.82, 2.24) is 0 Å². The number of rotatable bonds is 9. The Kier molecular flexibility index (Phi) is 8.63. The minimum Gasteiger partial charge on any atom is -0.463 e. The lowest BCUT2D eigenvalue weighted by molar-refractivity contribution is -0.156. The number of hydrogen-bond donors (Lipinski definition) is 1. The van der Waals surface area contributed by atoms with Gasteiger partial charge < -0.3 is 14.3 Å². The van der Waals surface area contributed by atoms with E-state index in [4.69, 9.17) is 9.16 Å². The van der Waals surface area contributed by atoms with E-state index in [2.05, 4.69) is 69.3 Å². The van der Waals surface area contributed by atoms with Crippen molar-refractivity contribution in [2.24, 2.45) is 5.41 Å². The van der Waals surface area contributed by atoms with Gasteiger partial charge in [0.2, 0.25) is 0 Å². The minimum atomic E-state index is -2.55. The van der Waals surface area contributed by atoms with Gasteiger partial charge in [-0.1, -0.05) is 81.4 Å². The maximum atomic E-state index is 11.9. The molecule has 2 aromatic carbocycles. The Hall–Kier alpha value is -1.95. The van der Waals surface area contributed by atoms with E-state index in [1.807, 2.05) is 12.1 Å². The molecule has 1 atom stereocenters. The summed E-state index contributed by atoms with van der Waals surface area (Å²) >= 11 is 0. The SMILES string of the molecule is CC(C)(C)C(=O)OCC(O)CCCO[Si](c1ccccc1)(c1ccccc1)C(C)(C)C. The van der Waals surface area contributed by atoms with Gasteiger partial charge in [0.05, 0.1) is 11.5 Å². The van der Waals surface area contributed by atoms with Crippen molar-refractivity contribution in [3.05, 3.63) is 60.7 Å². The van der Waals surface area contributed by atoms with E-state index in [0.29, 0.717) is 19.4 Å². The molecular formula is C26H38O4Si. The normalized spacial score (nSPS) is 13.6. The molecule has 1 N–H and O–H groups in total. The first-order chi connectivity index (χ1) is 14.5. The topological polar surface area (TPSA) is 55.8 Å². The van der Waals surface area contributed by atoms with Crippen molar-refractivity contribution >= 4 is 24.7 Å². The van der Waals surface area contributed by atoms with Crippen LogP contribution < -0.4 is 10.4 Å². The zero-order valence-electron chi connectivity index (χ0n) is 19.9. The highest BCUT2D eigenvalue weighted by Gasteiger charge is 2.49. The standard InChI is InChI=1S/C26H38O4Si/c1-25(2,3)24(28)29-20-21(27)14-13-19-30-31(26(4,5)6,22-15-9-7-10-16-22)23-17-11-8-12-18-23/h7-12,15-18,21,27H,13-14,19-20H2,1-6H3. The second kappa shape index (κ2) is 10.6. The van der Waals surface area contributed by atoms with Gasteiger partial charge in [0.15, 0.2) is 0 Å². The average molecular weight is 443 g/mol. The molecule has 5 heteroatoms. The maximum absolute atomic E-state index is 11.9. The highest BCUT2D eigenvalue weighted by Crippen LogP contribution is 2.36. The van der Waals surface area contributed by atoms with Crippen LogP contribution in [0.25, 0.3) is 0 Å². The van der Waals surface area contributed by atoms with E-state index in [0.717, 1.165) is 0 Å². The van der Waals surface area contributed by atoms with Crippen LogP contribution in [0.4, 0.5) is 0 Å². The molecule has 0 aliphatic heterocycles. The Morgan fingerprint density at radius 1 is 0.903 bits per heavy atom. The molecule has 0 saturated heterocycles. The van der Waals surface area contributed by atoms with Crippen molar-refractivity contribution in [3.8, 4) is 0 Å². The van der Waals surface area contributed by atoms with E-state index in [1.165, 1.54) is 10.4 Å². The first-order valence-electron chi connectivity index (χ1n) is 11.1. The number of esters is 1. The Bertz CT molecular complexity index is 767. The molecule has 0 aliphatic rings. The fraction of sp³-hybridized carbons (Fsp3) is 0.500. The van der Waals surface area contributed by atoms with Gasteiger partial charge in [0, 0.05) is 6.61 Å². The molecule has 0 aromatic heterocycles. The summed E-state index contributed by atoms with van der Waals surface area (Å²) in [5.74, 6) is -0.296. The molecule has 0 spiro atoms. The van der Waals surface area contributed by atoms with Crippen molar-refractivity contribution in [2.45, 2.75) is 65.5 Å². The molecule has 31 heavy (non-hydrogen) atoms. The zero-order valence-corrected chi connectivity index (χ0v) is 20.9. The smallest absolute Gasteiger partial charge is 0.311 e. The highest BCUT2D eigenvalue weighted by atomic mass is 28.4. The Morgan fingerprint density at radius 3 is 1.81 bits per heavy atom. The summed E-state index contributed by atoms with van der Waals surface area (Å²) in [6.45, 7) is 12.7. The van der Waals surface area contributed by atoms with Crippen LogP contribution in [0.5, 0.6) is 0 Å². The molecule has 4 nitrogen and oxygen atoms in total. The van der Waals surface area contributed by atoms with E-state index in [1.54, 1.807) is 20.8 Å². The number of hydrogen-bond acceptors (Lipinski definition) is 4. The summed E-state index contributed by atoms with van der Waals surface area (Å²) < 4.78 is 12.1. The lowest BCUT2D eigenvalue weighted by atomic mass is 9.97. The third-order valence-electron chi connectivity index (χ3n) is 5.44. The summed E-state index contributed by atoms with van der Waals surface area (Å²) in [5.41, 5.74) is -0.563. The Balaban J connectivity index is 2.11. The second-order valence-electron chi connectivity index (χ2n) is 10.2. The number of carbonyl (C=O) groups excluding carboxylic acids is 1. The maximum Gasteiger partial charge on any atom is 0.311 e. The largest absolute Gasteiger partial charge is 0.463 e. The van der Waals surface area contributed by atoms with Gasteiger partial charge in [0.1, 0.15) is 6.61 Å². The summed E-state index contributed by atoms with van der Waals surface area (Å²) in [6, 6.07) is 21.0. The van der Waals surface area contributed by atoms with E-state index in [-0.39, 0.29) is 17.6 Å². The molecule has 0 amide bonds. The molecule has 0 heterocycles. The van der Waals surface area contributed by atoms with Gasteiger partial charge in [-0.25, -0.2) is 0 Å². The quantitative estimate of drug-likeness (QED) is 0.357. The van der Waals surface area contributed by atoms with Crippen molar-refractivity contribution in [1.29, 1.82) is 0 Å². The monoisotopic (exact) mass is 442 g/mol. The minimum absolute atomic E-state index is 0.0231. The second-order valence-corrected chi connectivity index (χ2v) is 14.5. The summed E-state index contributed by atoms with van der Waals surface area (Å²) in [4.78, 5) is 11.9. The fourth-order valence-corrected chi connectivity index (χ4v) is 8.38. The predicted octanol–water partition coefficient (Wildman–Crippen LogP) is 4.29. The zero-order chi connectivity index (χ0) is 23.1. The van der Waals surface area contributed by atoms with Crippen molar-refractivity contribution in [2.75, 3.05) is 13.2 Å². The molecule has 170 valence electrons.